The molecule has 2 aromatic heterocycles. The fourth-order valence-corrected chi connectivity index (χ4v) is 2.55. The van der Waals surface area contributed by atoms with Crippen LogP contribution in [0.5, 0.6) is 0 Å². The van der Waals surface area contributed by atoms with E-state index in [4.69, 9.17) is 11.6 Å². The number of fused-ring (bicyclic) bond motifs is 1. The lowest BCUT2D eigenvalue weighted by molar-refractivity contribution is 1.19. The molecule has 84 valence electrons. The van der Waals surface area contributed by atoms with Crippen molar-refractivity contribution in [1.29, 1.82) is 0 Å². The summed E-state index contributed by atoms with van der Waals surface area (Å²) in [6.45, 7) is 0. The number of nitrogens with zero attached hydrogens (tertiary/aromatic N) is 2. The Hall–Kier alpha value is -1.32. The van der Waals surface area contributed by atoms with Crippen LogP contribution in [0.1, 0.15) is 0 Å². The van der Waals surface area contributed by atoms with Crippen molar-refractivity contribution in [3.8, 4) is 11.3 Å². The zero-order chi connectivity index (χ0) is 11.8. The molecule has 0 saturated carbocycles. The summed E-state index contributed by atoms with van der Waals surface area (Å²) in [5, 5.41) is 0.658. The highest BCUT2D eigenvalue weighted by Gasteiger charge is 2.09. The molecule has 0 bridgehead atoms. The predicted molar refractivity (Wildman–Crippen MR) is 73.3 cm³/mol. The summed E-state index contributed by atoms with van der Waals surface area (Å²) < 4.78 is 3.03. The number of pyridine rings is 1. The van der Waals surface area contributed by atoms with Crippen molar-refractivity contribution < 1.29 is 0 Å². The van der Waals surface area contributed by atoms with Crippen molar-refractivity contribution in [3.05, 3.63) is 58.3 Å². The lowest BCUT2D eigenvalue weighted by Gasteiger charge is -2.04. The number of imidazole rings is 1. The van der Waals surface area contributed by atoms with Crippen molar-refractivity contribution in [3.63, 3.8) is 0 Å². The molecule has 0 radical (unpaired) electrons. The number of hydrogen-bond donors (Lipinski definition) is 0. The van der Waals surface area contributed by atoms with E-state index in [1.807, 2.05) is 47.1 Å². The molecule has 3 rings (SSSR count). The number of benzene rings is 1. The fraction of sp³-hybridized carbons (Fsp3) is 0. The highest BCUT2D eigenvalue weighted by Crippen LogP contribution is 2.29. The van der Waals surface area contributed by atoms with Gasteiger partial charge in [-0.05, 0) is 18.2 Å². The van der Waals surface area contributed by atoms with E-state index in [1.165, 1.54) is 0 Å². The van der Waals surface area contributed by atoms with E-state index >= 15 is 0 Å². The summed E-state index contributed by atoms with van der Waals surface area (Å²) in [4.78, 5) is 4.35. The Kier molecular flexibility index (Phi) is 2.65. The Morgan fingerprint density at radius 3 is 2.76 bits per heavy atom. The zero-order valence-electron chi connectivity index (χ0n) is 8.77. The van der Waals surface area contributed by atoms with E-state index in [9.17, 15) is 0 Å². The van der Waals surface area contributed by atoms with Crippen molar-refractivity contribution in [2.45, 2.75) is 0 Å². The first-order chi connectivity index (χ1) is 8.27. The molecule has 0 atom stereocenters. The monoisotopic (exact) mass is 306 g/mol. The Bertz CT molecular complexity index is 691. The largest absolute Gasteiger partial charge is 0.298 e. The summed E-state index contributed by atoms with van der Waals surface area (Å²) in [6, 6.07) is 11.8. The van der Waals surface area contributed by atoms with Gasteiger partial charge in [0.15, 0.2) is 5.65 Å². The van der Waals surface area contributed by atoms with Crippen LogP contribution in [0.15, 0.2) is 53.3 Å². The van der Waals surface area contributed by atoms with Crippen LogP contribution in [0.2, 0.25) is 5.02 Å². The van der Waals surface area contributed by atoms with E-state index in [0.29, 0.717) is 5.02 Å². The molecule has 0 fully saturated rings. The van der Waals surface area contributed by atoms with Crippen LogP contribution < -0.4 is 0 Å². The summed E-state index contributed by atoms with van der Waals surface area (Å²) in [5.41, 5.74) is 2.90. The third-order valence-corrected chi connectivity index (χ3v) is 3.62. The minimum Gasteiger partial charge on any atom is -0.298 e. The van der Waals surface area contributed by atoms with Crippen LogP contribution in [0, 0.1) is 0 Å². The van der Waals surface area contributed by atoms with E-state index in [0.717, 1.165) is 21.4 Å². The van der Waals surface area contributed by atoms with E-state index < -0.39 is 0 Å². The smallest absolute Gasteiger partial charge is 0.156 e. The fourth-order valence-electron chi connectivity index (χ4n) is 1.84. The van der Waals surface area contributed by atoms with Gasteiger partial charge >= 0.3 is 0 Å². The molecule has 0 amide bonds. The van der Waals surface area contributed by atoms with Crippen LogP contribution in [0.4, 0.5) is 0 Å². The van der Waals surface area contributed by atoms with Gasteiger partial charge in [-0.1, -0.05) is 45.7 Å². The van der Waals surface area contributed by atoms with Crippen LogP contribution in [0.3, 0.4) is 0 Å². The van der Waals surface area contributed by atoms with Gasteiger partial charge in [-0.3, -0.25) is 4.40 Å². The van der Waals surface area contributed by atoms with Crippen molar-refractivity contribution in [2.24, 2.45) is 0 Å². The zero-order valence-corrected chi connectivity index (χ0v) is 11.1. The normalized spacial score (nSPS) is 10.9. The Labute approximate surface area is 112 Å². The van der Waals surface area contributed by atoms with Gasteiger partial charge < -0.3 is 0 Å². The summed E-state index contributed by atoms with van der Waals surface area (Å²) >= 11 is 9.65. The van der Waals surface area contributed by atoms with Gasteiger partial charge in [-0.2, -0.15) is 0 Å². The number of hydrogen-bond acceptors (Lipinski definition) is 1. The first-order valence-corrected chi connectivity index (χ1v) is 6.31. The molecular formula is C13H8BrClN2. The number of rotatable bonds is 1. The minimum absolute atomic E-state index is 0.658. The molecule has 0 N–H and O–H groups in total. The maximum atomic E-state index is 6.10. The van der Waals surface area contributed by atoms with Crippen LogP contribution in [-0.2, 0) is 0 Å². The van der Waals surface area contributed by atoms with Crippen LogP contribution >= 0.6 is 27.5 Å². The van der Waals surface area contributed by atoms with Crippen LogP contribution in [0.25, 0.3) is 16.9 Å². The molecule has 0 unspecified atom stereocenters. The third-order valence-electron chi connectivity index (χ3n) is 2.64. The second kappa shape index (κ2) is 4.17. The van der Waals surface area contributed by atoms with Gasteiger partial charge in [0.1, 0.15) is 0 Å². The Balaban J connectivity index is 2.33. The van der Waals surface area contributed by atoms with E-state index in [1.54, 1.807) is 0 Å². The van der Waals surface area contributed by atoms with Crippen LogP contribution in [-0.4, -0.2) is 9.38 Å². The second-order valence-electron chi connectivity index (χ2n) is 3.67. The molecule has 0 aliphatic rings. The molecule has 17 heavy (non-hydrogen) atoms. The Morgan fingerprint density at radius 1 is 1.12 bits per heavy atom. The highest BCUT2D eigenvalue weighted by atomic mass is 79.9. The van der Waals surface area contributed by atoms with E-state index in [-0.39, 0.29) is 0 Å². The molecule has 0 saturated heterocycles. The molecule has 1 aromatic carbocycles. The second-order valence-corrected chi connectivity index (χ2v) is 4.93. The summed E-state index contributed by atoms with van der Waals surface area (Å²) in [5.74, 6) is 0. The number of aromatic nitrogens is 2. The molecular weight excluding hydrogens is 300 g/mol. The molecule has 2 heterocycles. The van der Waals surface area contributed by atoms with E-state index in [2.05, 4.69) is 27.0 Å². The van der Waals surface area contributed by atoms with Crippen molar-refractivity contribution in [1.82, 2.24) is 9.38 Å². The van der Waals surface area contributed by atoms with Gasteiger partial charge in [0.25, 0.3) is 0 Å². The molecule has 2 nitrogen and oxygen atoms in total. The molecule has 0 aliphatic carbocycles. The van der Waals surface area contributed by atoms with Crippen molar-refractivity contribution in [2.75, 3.05) is 0 Å². The number of halogens is 2. The lowest BCUT2D eigenvalue weighted by Crippen LogP contribution is -1.88. The van der Waals surface area contributed by atoms with Crippen molar-refractivity contribution >= 4 is 33.2 Å². The molecule has 0 aliphatic heterocycles. The predicted octanol–water partition coefficient (Wildman–Crippen LogP) is 4.42. The average Bonchev–Trinajstić information content (AvgIpc) is 2.75. The first kappa shape index (κ1) is 10.8. The molecule has 0 spiro atoms. The topological polar surface area (TPSA) is 17.3 Å². The lowest BCUT2D eigenvalue weighted by atomic mass is 10.2. The van der Waals surface area contributed by atoms with Gasteiger partial charge in [0, 0.05) is 16.2 Å². The van der Waals surface area contributed by atoms with Gasteiger partial charge in [0.2, 0.25) is 0 Å². The summed E-state index contributed by atoms with van der Waals surface area (Å²) in [7, 11) is 0. The van der Waals surface area contributed by atoms with Gasteiger partial charge in [-0.15, -0.1) is 0 Å². The van der Waals surface area contributed by atoms with Gasteiger partial charge in [0.05, 0.1) is 16.9 Å². The Morgan fingerprint density at radius 2 is 1.94 bits per heavy atom. The molecule has 4 heteroatoms. The third kappa shape index (κ3) is 1.75. The first-order valence-electron chi connectivity index (χ1n) is 5.14. The molecule has 3 aromatic rings. The SMILES string of the molecule is Clc1cccn2c(-c3ccccc3Br)cnc12. The maximum Gasteiger partial charge on any atom is 0.156 e. The van der Waals surface area contributed by atoms with Gasteiger partial charge in [-0.25, -0.2) is 4.98 Å². The summed E-state index contributed by atoms with van der Waals surface area (Å²) in [6.07, 6.45) is 3.80. The average molecular weight is 308 g/mol. The highest BCUT2D eigenvalue weighted by molar-refractivity contribution is 9.10. The quantitative estimate of drug-likeness (QED) is 0.650. The maximum absolute atomic E-state index is 6.10. The standard InChI is InChI=1S/C13H8BrClN2/c14-10-5-2-1-4-9(10)12-8-16-13-11(15)6-3-7-17(12)13/h1-8H. The minimum atomic E-state index is 0.658.